The Hall–Kier alpha value is -2.02. The first-order valence-corrected chi connectivity index (χ1v) is 8.03. The van der Waals surface area contributed by atoms with Crippen LogP contribution in [0.1, 0.15) is 48.0 Å². The van der Waals surface area contributed by atoms with Crippen LogP contribution in [0.15, 0.2) is 77.6 Å². The molecule has 0 saturated heterocycles. The molecule has 0 heterocycles. The summed E-state index contributed by atoms with van der Waals surface area (Å²) in [5.41, 5.74) is 3.75. The predicted molar refractivity (Wildman–Crippen MR) is 99.1 cm³/mol. The number of benzene rings is 1. The minimum Gasteiger partial charge on any atom is -0.457 e. The van der Waals surface area contributed by atoms with Crippen molar-refractivity contribution in [1.82, 2.24) is 0 Å². The molecular weight excluding hydrogens is 268 g/mol. The molecule has 0 spiro atoms. The molecule has 0 amide bonds. The molecule has 1 aromatic rings. The number of allylic oxidation sites excluding steroid dienone is 5. The average Bonchev–Trinajstić information content (AvgIpc) is 2.57. The van der Waals surface area contributed by atoms with E-state index in [0.29, 0.717) is 0 Å². The van der Waals surface area contributed by atoms with E-state index in [1.165, 1.54) is 11.1 Å². The van der Waals surface area contributed by atoms with E-state index in [1.807, 2.05) is 57.2 Å². The smallest absolute Gasteiger partial charge is 0.134 e. The maximum absolute atomic E-state index is 6.01. The van der Waals surface area contributed by atoms with Crippen molar-refractivity contribution in [3.63, 3.8) is 0 Å². The SMILES string of the molecule is C=C\C=C(Oc1ccccc1)/C(=C/C)C(/C)=C(/C)CC.CC. The van der Waals surface area contributed by atoms with E-state index in [9.17, 15) is 0 Å². The van der Waals surface area contributed by atoms with Crippen LogP contribution in [-0.2, 0) is 0 Å². The molecule has 1 nitrogen and oxygen atoms in total. The van der Waals surface area contributed by atoms with E-state index in [2.05, 4.69) is 33.4 Å². The summed E-state index contributed by atoms with van der Waals surface area (Å²) in [5.74, 6) is 1.67. The minimum absolute atomic E-state index is 0.832. The van der Waals surface area contributed by atoms with Gasteiger partial charge in [0.1, 0.15) is 11.5 Å². The normalized spacial score (nSPS) is 12.8. The lowest BCUT2D eigenvalue weighted by Gasteiger charge is -2.16. The van der Waals surface area contributed by atoms with Crippen LogP contribution in [0.2, 0.25) is 0 Å². The second kappa shape index (κ2) is 11.6. The Bertz CT molecular complexity index is 530. The van der Waals surface area contributed by atoms with Crippen LogP contribution in [0.5, 0.6) is 5.75 Å². The number of rotatable bonds is 6. The highest BCUT2D eigenvalue weighted by Crippen LogP contribution is 2.26. The highest BCUT2D eigenvalue weighted by Gasteiger charge is 2.10. The van der Waals surface area contributed by atoms with Gasteiger partial charge in [0.15, 0.2) is 0 Å². The Kier molecular flexibility index (Phi) is 10.6. The summed E-state index contributed by atoms with van der Waals surface area (Å²) in [7, 11) is 0. The van der Waals surface area contributed by atoms with Gasteiger partial charge >= 0.3 is 0 Å². The largest absolute Gasteiger partial charge is 0.457 e. The molecule has 0 aliphatic heterocycles. The Morgan fingerprint density at radius 1 is 1.14 bits per heavy atom. The van der Waals surface area contributed by atoms with Crippen molar-refractivity contribution in [2.75, 3.05) is 0 Å². The van der Waals surface area contributed by atoms with Gasteiger partial charge in [-0.05, 0) is 51.0 Å². The molecule has 1 rings (SSSR count). The van der Waals surface area contributed by atoms with Gasteiger partial charge in [0.05, 0.1) is 0 Å². The molecular formula is C21H30O. The van der Waals surface area contributed by atoms with Crippen molar-refractivity contribution in [1.29, 1.82) is 0 Å². The summed E-state index contributed by atoms with van der Waals surface area (Å²) in [5, 5.41) is 0. The van der Waals surface area contributed by atoms with E-state index in [4.69, 9.17) is 4.74 Å². The van der Waals surface area contributed by atoms with Crippen LogP contribution in [0.4, 0.5) is 0 Å². The van der Waals surface area contributed by atoms with Gasteiger partial charge in [0, 0.05) is 5.57 Å². The standard InChI is InChI=1S/C19H24O.C2H6/c1-6-12-19(20-17-13-10-9-11-14-17)18(8-3)16(5)15(4)7-2;1-2/h6,8-14H,1,7H2,2-5H3;1-2H3/b16-15-,18-8+,19-12+;. The zero-order valence-corrected chi connectivity index (χ0v) is 14.9. The van der Waals surface area contributed by atoms with Crippen LogP contribution in [-0.4, -0.2) is 0 Å². The molecule has 0 aliphatic rings. The first kappa shape index (κ1) is 20.0. The molecule has 0 radical (unpaired) electrons. The third-order valence-corrected chi connectivity index (χ3v) is 3.37. The van der Waals surface area contributed by atoms with Crippen molar-refractivity contribution in [3.8, 4) is 5.75 Å². The molecule has 0 bridgehead atoms. The zero-order valence-electron chi connectivity index (χ0n) is 14.9. The highest BCUT2D eigenvalue weighted by atomic mass is 16.5. The van der Waals surface area contributed by atoms with Crippen LogP contribution >= 0.6 is 0 Å². The van der Waals surface area contributed by atoms with Crippen molar-refractivity contribution < 1.29 is 4.74 Å². The molecule has 120 valence electrons. The molecule has 0 N–H and O–H groups in total. The van der Waals surface area contributed by atoms with Crippen molar-refractivity contribution >= 4 is 0 Å². The lowest BCUT2D eigenvalue weighted by atomic mass is 9.98. The van der Waals surface area contributed by atoms with Crippen LogP contribution in [0.3, 0.4) is 0 Å². The first-order valence-electron chi connectivity index (χ1n) is 8.03. The predicted octanol–water partition coefficient (Wildman–Crippen LogP) is 6.85. The van der Waals surface area contributed by atoms with Crippen LogP contribution in [0, 0.1) is 0 Å². The van der Waals surface area contributed by atoms with Crippen molar-refractivity contribution in [3.05, 3.63) is 77.6 Å². The third-order valence-electron chi connectivity index (χ3n) is 3.37. The van der Waals surface area contributed by atoms with Crippen molar-refractivity contribution in [2.24, 2.45) is 0 Å². The molecule has 0 unspecified atom stereocenters. The summed E-state index contributed by atoms with van der Waals surface area (Å²) in [6.45, 7) is 16.3. The molecule has 0 aliphatic carbocycles. The average molecular weight is 298 g/mol. The number of hydrogen-bond donors (Lipinski definition) is 0. The van der Waals surface area contributed by atoms with Gasteiger partial charge in [-0.25, -0.2) is 0 Å². The van der Waals surface area contributed by atoms with Crippen molar-refractivity contribution in [2.45, 2.75) is 48.0 Å². The van der Waals surface area contributed by atoms with Crippen LogP contribution < -0.4 is 4.74 Å². The fourth-order valence-corrected chi connectivity index (χ4v) is 1.94. The Morgan fingerprint density at radius 2 is 1.73 bits per heavy atom. The molecule has 1 heteroatoms. The van der Waals surface area contributed by atoms with Gasteiger partial charge in [0.2, 0.25) is 0 Å². The first-order chi connectivity index (χ1) is 10.6. The van der Waals surface area contributed by atoms with Gasteiger partial charge in [0.25, 0.3) is 0 Å². The van der Waals surface area contributed by atoms with Gasteiger partial charge in [-0.15, -0.1) is 0 Å². The summed E-state index contributed by atoms with van der Waals surface area (Å²) >= 11 is 0. The second-order valence-corrected chi connectivity index (χ2v) is 4.64. The summed E-state index contributed by atoms with van der Waals surface area (Å²) < 4.78 is 6.01. The molecule has 0 fully saturated rings. The third kappa shape index (κ3) is 6.17. The molecule has 0 saturated carbocycles. The fraction of sp³-hybridized carbons (Fsp3) is 0.333. The maximum atomic E-state index is 6.01. The molecule has 0 aromatic heterocycles. The van der Waals surface area contributed by atoms with E-state index in [1.54, 1.807) is 6.08 Å². The molecule has 1 aromatic carbocycles. The van der Waals surface area contributed by atoms with E-state index in [0.717, 1.165) is 23.5 Å². The van der Waals surface area contributed by atoms with Gasteiger partial charge in [-0.3, -0.25) is 0 Å². The second-order valence-electron chi connectivity index (χ2n) is 4.64. The van der Waals surface area contributed by atoms with E-state index < -0.39 is 0 Å². The van der Waals surface area contributed by atoms with E-state index in [-0.39, 0.29) is 0 Å². The summed E-state index contributed by atoms with van der Waals surface area (Å²) in [6, 6.07) is 9.82. The topological polar surface area (TPSA) is 9.23 Å². The van der Waals surface area contributed by atoms with E-state index >= 15 is 0 Å². The zero-order chi connectivity index (χ0) is 17.0. The Labute approximate surface area is 136 Å². The maximum Gasteiger partial charge on any atom is 0.134 e. The minimum atomic E-state index is 0.832. The van der Waals surface area contributed by atoms with Gasteiger partial charge in [-0.1, -0.05) is 63.3 Å². The molecule has 22 heavy (non-hydrogen) atoms. The van der Waals surface area contributed by atoms with Crippen LogP contribution in [0.25, 0.3) is 0 Å². The quantitative estimate of drug-likeness (QED) is 0.412. The number of hydrogen-bond acceptors (Lipinski definition) is 1. The van der Waals surface area contributed by atoms with Gasteiger partial charge < -0.3 is 4.74 Å². The molecule has 0 atom stereocenters. The summed E-state index contributed by atoms with van der Waals surface area (Å²) in [4.78, 5) is 0. The van der Waals surface area contributed by atoms with Gasteiger partial charge in [-0.2, -0.15) is 0 Å². The number of para-hydroxylation sites is 1. The fourth-order valence-electron chi connectivity index (χ4n) is 1.94. The Morgan fingerprint density at radius 3 is 2.18 bits per heavy atom. The Balaban J connectivity index is 0.00000211. The summed E-state index contributed by atoms with van der Waals surface area (Å²) in [6.07, 6.45) is 6.80. The lowest BCUT2D eigenvalue weighted by molar-refractivity contribution is 0.437. The number of ether oxygens (including phenoxy) is 1. The lowest BCUT2D eigenvalue weighted by Crippen LogP contribution is -2.02. The monoisotopic (exact) mass is 298 g/mol. The highest BCUT2D eigenvalue weighted by molar-refractivity contribution is 5.47.